The quantitative estimate of drug-likeness (QED) is 0.0781. The van der Waals surface area contributed by atoms with Gasteiger partial charge in [-0.3, -0.25) is 19.2 Å². The number of rotatable bonds is 9. The fourth-order valence-corrected chi connectivity index (χ4v) is 18.4. The Morgan fingerprint density at radius 3 is 1.34 bits per heavy atom. The molecule has 20 atom stereocenters. The standard InChI is InChI=1S/C40H46O10.C31H40O8/c1-21-18-28-39(20-46-28,50-24(4)41)32-34(49-35(43)26-16-12-9-13-17-26)40(45)19-27(47-36(44)31-30(48-31)25-14-10-8-11-15-25)22(2)29(37(40,5)6)23(3)33(42)38(21,32)7;1-16-13-22-30(15-37-22,39-19(4)32)24-26(38-27(35)20-11-9-8-10-12-20)31(36)14-21(33)17(2)23(28(31,5)6)18(3)25(34)29(16,24)7/h8-17,21,23,27-28,30-32,34,45H,18-20H2,1-7H3;8-12,16,18,21-22,24,26,33,36H,13-15H2,1-7H3/t21-,23+,27?,28+,30+,31+,32?,34-,38+,39-,40+;16-,18+,21-,22+,24?,26-,29+,30-,31+/m00/s1. The summed E-state index contributed by atoms with van der Waals surface area (Å²) in [5.41, 5.74) is -6.93. The Kier molecular flexibility index (Phi) is 16.0. The first-order valence-electron chi connectivity index (χ1n) is 31.4. The molecule has 0 amide bonds. The summed E-state index contributed by atoms with van der Waals surface area (Å²) in [5, 5.41) is 37.5. The first kappa shape index (κ1) is 64.1. The number of esters is 5. The Bertz CT molecular complexity index is 3430. The normalized spacial score (nSPS) is 41.1. The van der Waals surface area contributed by atoms with Crippen LogP contribution in [0.5, 0.6) is 0 Å². The van der Waals surface area contributed by atoms with Gasteiger partial charge in [0.1, 0.15) is 59.4 Å². The van der Waals surface area contributed by atoms with Crippen molar-refractivity contribution in [3.8, 4) is 0 Å². The van der Waals surface area contributed by atoms with Gasteiger partial charge in [0.2, 0.25) is 0 Å². The topological polar surface area (TPSA) is 257 Å². The van der Waals surface area contributed by atoms with E-state index in [9.17, 15) is 44.1 Å². The third kappa shape index (κ3) is 9.47. The van der Waals surface area contributed by atoms with Crippen molar-refractivity contribution < 1.29 is 86.8 Å². The number of ketones is 2. The third-order valence-corrected chi connectivity index (χ3v) is 23.5. The highest BCUT2D eigenvalue weighted by Crippen LogP contribution is 2.68. The zero-order valence-corrected chi connectivity index (χ0v) is 53.5. The van der Waals surface area contributed by atoms with Crippen LogP contribution in [0.3, 0.4) is 0 Å². The van der Waals surface area contributed by atoms with Gasteiger partial charge in [0.15, 0.2) is 17.3 Å². The second-order valence-corrected chi connectivity index (χ2v) is 28.6. The van der Waals surface area contributed by atoms with Gasteiger partial charge in [-0.1, -0.05) is 136 Å². The second kappa shape index (κ2) is 22.2. The summed E-state index contributed by atoms with van der Waals surface area (Å²) < 4.78 is 49.0. The molecule has 18 heteroatoms. The summed E-state index contributed by atoms with van der Waals surface area (Å²) in [5.74, 6) is -7.07. The largest absolute Gasteiger partial charge is 0.456 e. The van der Waals surface area contributed by atoms with E-state index in [1.807, 2.05) is 106 Å². The molecule has 3 heterocycles. The average Bonchev–Trinajstić information content (AvgIpc) is 1.57. The molecular formula is C71H86O18. The van der Waals surface area contributed by atoms with Gasteiger partial charge in [0.05, 0.1) is 42.3 Å². The number of benzene rings is 3. The zero-order valence-electron chi connectivity index (χ0n) is 53.5. The molecule has 4 bridgehead atoms. The first-order valence-corrected chi connectivity index (χ1v) is 31.4. The second-order valence-electron chi connectivity index (χ2n) is 28.6. The van der Waals surface area contributed by atoms with E-state index in [0.29, 0.717) is 35.1 Å². The summed E-state index contributed by atoms with van der Waals surface area (Å²) in [7, 11) is 0. The van der Waals surface area contributed by atoms with Gasteiger partial charge in [-0.2, -0.15) is 0 Å². The molecule has 3 aromatic carbocycles. The lowest BCUT2D eigenvalue weighted by atomic mass is 9.42. The molecule has 0 radical (unpaired) electrons. The summed E-state index contributed by atoms with van der Waals surface area (Å²) in [6.45, 7) is 24.9. The number of Topliss-reactive ketones (excluding diaryl/α,β-unsaturated/α-hetero) is 2. The Hall–Kier alpha value is -6.41. The van der Waals surface area contributed by atoms with Gasteiger partial charge in [-0.15, -0.1) is 0 Å². The third-order valence-electron chi connectivity index (χ3n) is 23.5. The monoisotopic (exact) mass is 1230 g/mol. The van der Waals surface area contributed by atoms with Crippen LogP contribution in [0.25, 0.3) is 0 Å². The highest BCUT2D eigenvalue weighted by atomic mass is 16.7. The lowest BCUT2D eigenvalue weighted by molar-refractivity contribution is -0.339. The van der Waals surface area contributed by atoms with Gasteiger partial charge in [-0.05, 0) is 90.6 Å². The molecule has 478 valence electrons. The van der Waals surface area contributed by atoms with Gasteiger partial charge in [-0.25, -0.2) is 14.4 Å². The summed E-state index contributed by atoms with van der Waals surface area (Å²) in [4.78, 5) is 96.7. The number of aliphatic hydroxyl groups excluding tert-OH is 1. The highest BCUT2D eigenvalue weighted by molar-refractivity contribution is 5.94. The molecular weight excluding hydrogens is 1140 g/mol. The van der Waals surface area contributed by atoms with Crippen LogP contribution in [0.1, 0.15) is 155 Å². The Labute approximate surface area is 520 Å². The number of ether oxygens (including phenoxy) is 8. The minimum Gasteiger partial charge on any atom is -0.456 e. The number of carbonyl (C=O) groups is 7. The van der Waals surface area contributed by atoms with Crippen molar-refractivity contribution in [3.05, 3.63) is 130 Å². The van der Waals surface area contributed by atoms with Crippen LogP contribution in [0.4, 0.5) is 0 Å². The molecule has 18 nitrogen and oxygen atoms in total. The number of hydrogen-bond acceptors (Lipinski definition) is 18. The molecule has 3 saturated heterocycles. The van der Waals surface area contributed by atoms with E-state index in [4.69, 9.17) is 37.9 Å². The molecule has 7 fully saturated rings. The number of aliphatic hydroxyl groups is 3. The number of carbonyl (C=O) groups excluding carboxylic acids is 7. The molecule has 3 unspecified atom stereocenters. The maximum Gasteiger partial charge on any atom is 0.339 e. The highest BCUT2D eigenvalue weighted by Gasteiger charge is 2.79. The zero-order chi connectivity index (χ0) is 64.7. The fraction of sp³-hybridized carbons (Fsp3) is 0.592. The maximum atomic E-state index is 15.2. The minimum atomic E-state index is -1.91. The lowest BCUT2D eigenvalue weighted by Crippen LogP contribution is -2.80. The number of fused-ring (bicyclic) bond motifs is 10. The van der Waals surface area contributed by atoms with Crippen molar-refractivity contribution in [2.45, 2.75) is 194 Å². The van der Waals surface area contributed by atoms with Crippen molar-refractivity contribution in [1.82, 2.24) is 0 Å². The van der Waals surface area contributed by atoms with Crippen LogP contribution in [0, 0.1) is 57.2 Å². The predicted molar refractivity (Wildman–Crippen MR) is 321 cm³/mol. The molecule has 9 aliphatic rings. The van der Waals surface area contributed by atoms with Crippen LogP contribution < -0.4 is 0 Å². The Morgan fingerprint density at radius 1 is 0.551 bits per heavy atom. The van der Waals surface area contributed by atoms with Gasteiger partial charge in [0, 0.05) is 60.2 Å². The van der Waals surface area contributed by atoms with Crippen molar-refractivity contribution >= 4 is 41.4 Å². The van der Waals surface area contributed by atoms with E-state index in [2.05, 4.69) is 0 Å². The van der Waals surface area contributed by atoms with E-state index < -0.39 is 146 Å². The maximum absolute atomic E-state index is 15.2. The average molecular weight is 1230 g/mol. The van der Waals surface area contributed by atoms with E-state index in [1.54, 1.807) is 67.6 Å². The fourth-order valence-electron chi connectivity index (χ4n) is 18.4. The number of hydrogen-bond donors (Lipinski definition) is 3. The van der Waals surface area contributed by atoms with Crippen molar-refractivity contribution in [3.63, 3.8) is 0 Å². The molecule has 3 aliphatic heterocycles. The van der Waals surface area contributed by atoms with E-state index in [1.165, 1.54) is 13.8 Å². The Balaban J connectivity index is 0.000000189. The van der Waals surface area contributed by atoms with Crippen molar-refractivity contribution in [1.29, 1.82) is 0 Å². The summed E-state index contributed by atoms with van der Waals surface area (Å²) in [6.07, 6.45) is -6.41. The summed E-state index contributed by atoms with van der Waals surface area (Å²) >= 11 is 0. The lowest BCUT2D eigenvalue weighted by Gasteiger charge is -2.68. The van der Waals surface area contributed by atoms with E-state index in [-0.39, 0.29) is 60.6 Å². The van der Waals surface area contributed by atoms with Crippen molar-refractivity contribution in [2.24, 2.45) is 57.2 Å². The first-order chi connectivity index (χ1) is 41.7. The summed E-state index contributed by atoms with van der Waals surface area (Å²) in [6, 6.07) is 26.3. The van der Waals surface area contributed by atoms with E-state index in [0.717, 1.165) is 5.56 Å². The predicted octanol–water partition coefficient (Wildman–Crippen LogP) is 8.96. The molecule has 4 saturated carbocycles. The molecule has 6 aliphatic carbocycles. The van der Waals surface area contributed by atoms with Gasteiger partial charge < -0.3 is 53.2 Å². The van der Waals surface area contributed by atoms with Crippen LogP contribution in [-0.2, 0) is 61.9 Å². The van der Waals surface area contributed by atoms with Crippen molar-refractivity contribution in [2.75, 3.05) is 13.2 Å². The smallest absolute Gasteiger partial charge is 0.339 e. The molecule has 0 aromatic heterocycles. The van der Waals surface area contributed by atoms with E-state index >= 15 is 4.79 Å². The van der Waals surface area contributed by atoms with Crippen LogP contribution in [0.15, 0.2) is 113 Å². The van der Waals surface area contributed by atoms with Crippen LogP contribution in [0.2, 0.25) is 0 Å². The number of epoxide rings is 1. The minimum absolute atomic E-state index is 0.0199. The van der Waals surface area contributed by atoms with Crippen LogP contribution >= 0.6 is 0 Å². The van der Waals surface area contributed by atoms with Crippen LogP contribution in [-0.4, -0.2) is 135 Å². The molecule has 89 heavy (non-hydrogen) atoms. The van der Waals surface area contributed by atoms with Gasteiger partial charge >= 0.3 is 29.8 Å². The van der Waals surface area contributed by atoms with Gasteiger partial charge in [0.25, 0.3) is 0 Å². The molecule has 3 aromatic rings. The SMILES string of the molecule is CC(=O)O[C@@]12CO[C@@H]1C[C@H](C)[C@@]1(C)C(=O)[C@H](C)C3=C(C)C(OC(=O)[C@@H]4O[C@@H]4c4ccccc4)C[C@@](O)([C@@H](OC(=O)c4ccccc4)C12)C3(C)C.CC(=O)O[C@@]12CO[C@@H]1C[C@H](C)[C@@]1(C)C(=O)[C@H](C)C3=C(C)[C@@H](O)C[C@@](O)([C@@H](OC(=O)c4ccccc4)C12)C3(C)C. The Morgan fingerprint density at radius 2 is 0.944 bits per heavy atom. The molecule has 12 rings (SSSR count). The molecule has 0 spiro atoms. The molecule has 3 N–H and O–H groups in total.